The summed E-state index contributed by atoms with van der Waals surface area (Å²) in [6.07, 6.45) is 0. The molecule has 0 radical (unpaired) electrons. The predicted molar refractivity (Wildman–Crippen MR) is 87.1 cm³/mol. The number of nitrogens with zero attached hydrogens (tertiary/aromatic N) is 1. The molecule has 122 valence electrons. The summed E-state index contributed by atoms with van der Waals surface area (Å²) in [5.41, 5.74) is 3.48. The van der Waals surface area contributed by atoms with Gasteiger partial charge in [-0.2, -0.15) is 0 Å². The van der Waals surface area contributed by atoms with E-state index in [1.807, 2.05) is 18.4 Å². The summed E-state index contributed by atoms with van der Waals surface area (Å²) < 4.78 is 13.5. The average molecular weight is 336 g/mol. The normalized spacial score (nSPS) is 12.0. The van der Waals surface area contributed by atoms with Crippen LogP contribution in [0.5, 0.6) is 0 Å². The molecule has 0 bridgehead atoms. The third kappa shape index (κ3) is 4.40. The minimum atomic E-state index is -0.778. The summed E-state index contributed by atoms with van der Waals surface area (Å²) in [6.45, 7) is 3.16. The van der Waals surface area contributed by atoms with E-state index in [0.29, 0.717) is 10.9 Å². The number of amides is 2. The highest BCUT2D eigenvalue weighted by Gasteiger charge is 2.19. The number of aryl methyl sites for hydroxylation is 1. The molecule has 1 atom stereocenters. The molecule has 2 aromatic rings. The zero-order chi connectivity index (χ0) is 17.0. The highest BCUT2D eigenvalue weighted by molar-refractivity contribution is 7.99. The molecule has 0 fully saturated rings. The van der Waals surface area contributed by atoms with Gasteiger partial charge in [-0.1, -0.05) is 0 Å². The average Bonchev–Trinajstić information content (AvgIpc) is 2.50. The van der Waals surface area contributed by atoms with Crippen molar-refractivity contribution < 1.29 is 14.0 Å². The summed E-state index contributed by atoms with van der Waals surface area (Å²) in [7, 11) is 0. The van der Waals surface area contributed by atoms with Crippen molar-refractivity contribution in [3.63, 3.8) is 0 Å². The van der Waals surface area contributed by atoms with Crippen LogP contribution >= 0.6 is 11.8 Å². The zero-order valence-corrected chi connectivity index (χ0v) is 13.5. The third-order valence-electron chi connectivity index (χ3n) is 3.10. The Morgan fingerprint density at radius 2 is 2.13 bits per heavy atom. The van der Waals surface area contributed by atoms with E-state index in [1.165, 1.54) is 30.8 Å². The van der Waals surface area contributed by atoms with Gasteiger partial charge in [-0.25, -0.2) is 10.2 Å². The van der Waals surface area contributed by atoms with E-state index in [4.69, 9.17) is 5.84 Å². The first-order chi connectivity index (χ1) is 10.9. The smallest absolute Gasteiger partial charge is 0.257 e. The van der Waals surface area contributed by atoms with Crippen molar-refractivity contribution in [3.05, 3.63) is 35.8 Å². The van der Waals surface area contributed by atoms with Crippen molar-refractivity contribution in [2.24, 2.45) is 5.84 Å². The number of fused-ring (bicyclic) bond motifs is 1. The fraction of sp³-hybridized carbons (Fsp3) is 0.267. The Bertz CT molecular complexity index is 754. The first kappa shape index (κ1) is 17.2. The van der Waals surface area contributed by atoms with Gasteiger partial charge in [0.15, 0.2) is 0 Å². The van der Waals surface area contributed by atoms with Crippen LogP contribution in [0.2, 0.25) is 0 Å². The first-order valence-corrected chi connectivity index (χ1v) is 7.86. The number of aromatic nitrogens is 1. The number of halogens is 1. The van der Waals surface area contributed by atoms with Crippen molar-refractivity contribution >= 4 is 34.5 Å². The van der Waals surface area contributed by atoms with Crippen molar-refractivity contribution in [1.29, 1.82) is 0 Å². The maximum absolute atomic E-state index is 13.5. The van der Waals surface area contributed by atoms with Gasteiger partial charge >= 0.3 is 0 Å². The van der Waals surface area contributed by atoms with Crippen LogP contribution in [0.1, 0.15) is 12.6 Å². The number of carbonyl (C=O) groups is 2. The summed E-state index contributed by atoms with van der Waals surface area (Å²) in [5, 5.41) is 3.20. The molecule has 2 rings (SSSR count). The predicted octanol–water partition coefficient (Wildman–Crippen LogP) is 1.27. The van der Waals surface area contributed by atoms with E-state index in [0.717, 1.165) is 10.6 Å². The number of benzene rings is 1. The van der Waals surface area contributed by atoms with Gasteiger partial charge in [0, 0.05) is 28.7 Å². The third-order valence-corrected chi connectivity index (χ3v) is 4.25. The Labute approximate surface area is 137 Å². The molecule has 0 unspecified atom stereocenters. The Hall–Kier alpha value is -2.19. The fourth-order valence-corrected chi connectivity index (χ4v) is 3.27. The number of hydrogen-bond acceptors (Lipinski definition) is 5. The lowest BCUT2D eigenvalue weighted by Gasteiger charge is -2.16. The number of nitrogens with two attached hydrogens (primary N) is 1. The SMILES string of the molecule is CC(=O)N[C@@H](CSc1cc(C)nc2ccc(F)cc12)C(=O)NN. The maximum atomic E-state index is 13.5. The summed E-state index contributed by atoms with van der Waals surface area (Å²) >= 11 is 1.33. The van der Waals surface area contributed by atoms with Crippen molar-refractivity contribution in [3.8, 4) is 0 Å². The molecular weight excluding hydrogens is 319 g/mol. The molecule has 0 aliphatic heterocycles. The van der Waals surface area contributed by atoms with E-state index in [9.17, 15) is 14.0 Å². The second-order valence-electron chi connectivity index (χ2n) is 5.00. The van der Waals surface area contributed by atoms with Gasteiger partial charge < -0.3 is 5.32 Å². The first-order valence-electron chi connectivity index (χ1n) is 6.88. The van der Waals surface area contributed by atoms with Gasteiger partial charge in [0.2, 0.25) is 5.91 Å². The highest BCUT2D eigenvalue weighted by atomic mass is 32.2. The lowest BCUT2D eigenvalue weighted by molar-refractivity contribution is -0.127. The molecule has 6 nitrogen and oxygen atoms in total. The van der Waals surface area contributed by atoms with E-state index < -0.39 is 11.9 Å². The van der Waals surface area contributed by atoms with Gasteiger partial charge in [0.1, 0.15) is 11.9 Å². The van der Waals surface area contributed by atoms with Crippen LogP contribution in [0.3, 0.4) is 0 Å². The largest absolute Gasteiger partial charge is 0.344 e. The maximum Gasteiger partial charge on any atom is 0.257 e. The van der Waals surface area contributed by atoms with Crippen LogP contribution in [0.4, 0.5) is 4.39 Å². The Kier molecular flexibility index (Phi) is 5.51. The van der Waals surface area contributed by atoms with Gasteiger partial charge in [0.05, 0.1) is 5.52 Å². The number of nitrogens with one attached hydrogen (secondary N) is 2. The molecule has 0 aliphatic rings. The van der Waals surface area contributed by atoms with Crippen LogP contribution in [-0.4, -0.2) is 28.6 Å². The van der Waals surface area contributed by atoms with Crippen LogP contribution in [-0.2, 0) is 9.59 Å². The molecule has 1 aromatic heterocycles. The van der Waals surface area contributed by atoms with E-state index >= 15 is 0 Å². The van der Waals surface area contributed by atoms with E-state index in [2.05, 4.69) is 10.3 Å². The van der Waals surface area contributed by atoms with Crippen LogP contribution < -0.4 is 16.6 Å². The van der Waals surface area contributed by atoms with Gasteiger partial charge in [0.25, 0.3) is 5.91 Å². The number of thioether (sulfide) groups is 1. The molecule has 23 heavy (non-hydrogen) atoms. The Morgan fingerprint density at radius 1 is 1.39 bits per heavy atom. The number of pyridine rings is 1. The molecule has 2 amide bonds. The van der Waals surface area contributed by atoms with E-state index in [1.54, 1.807) is 6.07 Å². The minimum absolute atomic E-state index is 0.262. The molecule has 0 spiro atoms. The van der Waals surface area contributed by atoms with Crippen LogP contribution in [0.15, 0.2) is 29.2 Å². The second kappa shape index (κ2) is 7.38. The van der Waals surface area contributed by atoms with Crippen molar-refractivity contribution in [2.45, 2.75) is 24.8 Å². The lowest BCUT2D eigenvalue weighted by atomic mass is 10.2. The van der Waals surface area contributed by atoms with Gasteiger partial charge in [-0.05, 0) is 31.2 Å². The van der Waals surface area contributed by atoms with Gasteiger partial charge in [-0.3, -0.25) is 20.0 Å². The van der Waals surface area contributed by atoms with Crippen molar-refractivity contribution in [1.82, 2.24) is 15.7 Å². The topological polar surface area (TPSA) is 97.1 Å². The quantitative estimate of drug-likeness (QED) is 0.331. The number of hydrazine groups is 1. The Balaban J connectivity index is 2.27. The molecule has 0 aliphatic carbocycles. The monoisotopic (exact) mass is 336 g/mol. The molecule has 0 saturated carbocycles. The summed E-state index contributed by atoms with van der Waals surface area (Å²) in [4.78, 5) is 28.1. The number of hydrogen-bond donors (Lipinski definition) is 3. The Morgan fingerprint density at radius 3 is 2.78 bits per heavy atom. The molecule has 4 N–H and O–H groups in total. The molecule has 1 heterocycles. The zero-order valence-electron chi connectivity index (χ0n) is 12.7. The van der Waals surface area contributed by atoms with Crippen LogP contribution in [0, 0.1) is 12.7 Å². The molecule has 0 saturated heterocycles. The minimum Gasteiger partial charge on any atom is -0.344 e. The number of rotatable bonds is 5. The molecule has 1 aromatic carbocycles. The summed E-state index contributed by atoms with van der Waals surface area (Å²) in [5.74, 6) is 4.21. The van der Waals surface area contributed by atoms with Crippen LogP contribution in [0.25, 0.3) is 10.9 Å². The molecular formula is C15H17FN4O2S. The summed E-state index contributed by atoms with van der Waals surface area (Å²) in [6, 6.07) is 5.41. The van der Waals surface area contributed by atoms with Gasteiger partial charge in [-0.15, -0.1) is 11.8 Å². The van der Waals surface area contributed by atoms with Crippen molar-refractivity contribution in [2.75, 3.05) is 5.75 Å². The fourth-order valence-electron chi connectivity index (χ4n) is 2.11. The van der Waals surface area contributed by atoms with E-state index in [-0.39, 0.29) is 17.5 Å². The molecule has 8 heteroatoms. The second-order valence-corrected chi connectivity index (χ2v) is 6.06. The lowest BCUT2D eigenvalue weighted by Crippen LogP contribution is -2.49. The standard InChI is InChI=1S/C15H17FN4O2S/c1-8-5-14(11-6-10(16)3-4-12(11)18-8)23-7-13(15(22)20-17)19-9(2)21/h3-6,13H,7,17H2,1-2H3,(H,19,21)(H,20,22)/t13-/m0/s1. The highest BCUT2D eigenvalue weighted by Crippen LogP contribution is 2.29. The number of carbonyl (C=O) groups excluding carboxylic acids is 2.